The zero-order valence-electron chi connectivity index (χ0n) is 17.6. The van der Waals surface area contributed by atoms with Gasteiger partial charge in [0.1, 0.15) is 6.61 Å². The second kappa shape index (κ2) is 9.35. The van der Waals surface area contributed by atoms with E-state index in [1.54, 1.807) is 26.0 Å². The Hall–Kier alpha value is -2.48. The molecular weight excluding hydrogens is 378 g/mol. The number of hydrogen-bond acceptors (Lipinski definition) is 8. The third-order valence-electron chi connectivity index (χ3n) is 5.48. The fourth-order valence-corrected chi connectivity index (χ4v) is 3.35. The summed E-state index contributed by atoms with van der Waals surface area (Å²) in [5.74, 6) is -2.95. The van der Waals surface area contributed by atoms with Crippen LogP contribution in [-0.2, 0) is 33.4 Å². The molecule has 2 rings (SSSR count). The summed E-state index contributed by atoms with van der Waals surface area (Å²) in [5, 5.41) is 0. The Bertz CT molecular complexity index is 754. The lowest BCUT2D eigenvalue weighted by molar-refractivity contribution is -0.185. The number of likely N-dealkylation sites (N-methyl/N-ethyl adjacent to an activating group) is 1. The van der Waals surface area contributed by atoms with Gasteiger partial charge in [0.2, 0.25) is 11.4 Å². The van der Waals surface area contributed by atoms with Crippen molar-refractivity contribution in [1.82, 2.24) is 4.90 Å². The van der Waals surface area contributed by atoms with Gasteiger partial charge in [0.25, 0.3) is 0 Å². The first-order valence-electron chi connectivity index (χ1n) is 9.73. The average molecular weight is 407 g/mol. The van der Waals surface area contributed by atoms with E-state index in [0.29, 0.717) is 25.1 Å². The van der Waals surface area contributed by atoms with E-state index in [1.807, 2.05) is 11.9 Å². The van der Waals surface area contributed by atoms with Crippen molar-refractivity contribution in [3.8, 4) is 0 Å². The zero-order valence-corrected chi connectivity index (χ0v) is 17.6. The molecule has 0 aliphatic carbocycles. The predicted octanol–water partition coefficient (Wildman–Crippen LogP) is 1.58. The van der Waals surface area contributed by atoms with Crippen LogP contribution in [-0.4, -0.2) is 67.0 Å². The van der Waals surface area contributed by atoms with Crippen molar-refractivity contribution in [2.75, 3.05) is 26.7 Å². The van der Waals surface area contributed by atoms with E-state index in [0.717, 1.165) is 0 Å². The maximum absolute atomic E-state index is 12.9. The predicted molar refractivity (Wildman–Crippen MR) is 104 cm³/mol. The molecular formula is C21H29NO7. The Labute approximate surface area is 170 Å². The highest BCUT2D eigenvalue weighted by Crippen LogP contribution is 2.31. The van der Waals surface area contributed by atoms with Crippen LogP contribution in [0, 0.1) is 5.92 Å². The van der Waals surface area contributed by atoms with Crippen molar-refractivity contribution in [3.63, 3.8) is 0 Å². The highest BCUT2D eigenvalue weighted by atomic mass is 16.6. The summed E-state index contributed by atoms with van der Waals surface area (Å²) in [6, 6.07) is 0. The largest absolute Gasteiger partial charge is 0.458 e. The van der Waals surface area contributed by atoms with Gasteiger partial charge in [-0.3, -0.25) is 9.59 Å². The third kappa shape index (κ3) is 5.32. The van der Waals surface area contributed by atoms with Crippen LogP contribution in [0.1, 0.15) is 40.5 Å². The highest BCUT2D eigenvalue weighted by molar-refractivity contribution is 6.01. The van der Waals surface area contributed by atoms with E-state index in [4.69, 9.17) is 14.2 Å². The van der Waals surface area contributed by atoms with Gasteiger partial charge in [-0.05, 0) is 27.3 Å². The summed E-state index contributed by atoms with van der Waals surface area (Å²) in [4.78, 5) is 52.1. The van der Waals surface area contributed by atoms with Crippen molar-refractivity contribution >= 4 is 23.7 Å². The fraction of sp³-hybridized carbons (Fsp3) is 0.619. The average Bonchev–Trinajstić information content (AvgIpc) is 2.65. The standard InChI is InChI=1S/C21H29NO7/c1-6-15-11-13(2)21(4,29-14(3)23)20(26)27-12-16-7-9-22(5)10-8-17(18(16)24)28-19(15)25/h6-7,13,17H,8-12H2,1-5H3/b15-6-,16-7-/t13-,17-,21-/m0/s1. The third-order valence-corrected chi connectivity index (χ3v) is 5.48. The molecule has 0 spiro atoms. The molecule has 1 saturated heterocycles. The molecule has 3 atom stereocenters. The normalized spacial score (nSPS) is 33.2. The Balaban J connectivity index is 2.48. The van der Waals surface area contributed by atoms with Crippen LogP contribution in [0.25, 0.3) is 0 Å². The molecule has 0 saturated carbocycles. The minimum absolute atomic E-state index is 0.123. The zero-order chi connectivity index (χ0) is 21.8. The second-order valence-corrected chi connectivity index (χ2v) is 7.73. The molecule has 0 N–H and O–H groups in total. The number of Topliss-reactive ketones (excluding diaryl/α,β-unsaturated/α-hetero) is 1. The van der Waals surface area contributed by atoms with Crippen LogP contribution < -0.4 is 0 Å². The maximum Gasteiger partial charge on any atom is 0.350 e. The summed E-state index contributed by atoms with van der Waals surface area (Å²) >= 11 is 0. The van der Waals surface area contributed by atoms with Crippen LogP contribution in [0.2, 0.25) is 0 Å². The number of carbonyl (C=O) groups is 4. The number of allylic oxidation sites excluding steroid dienone is 1. The lowest BCUT2D eigenvalue weighted by Crippen LogP contribution is -2.48. The number of carbonyl (C=O) groups excluding carboxylic acids is 4. The van der Waals surface area contributed by atoms with Crippen molar-refractivity contribution in [2.45, 2.75) is 52.2 Å². The molecule has 0 aromatic carbocycles. The SMILES string of the molecule is C/C=C1/C[C@H](C)[C@](C)(OC(C)=O)C(=O)OC/C2=C/CN(C)CC[C@H](OC1=O)C2=O. The van der Waals surface area contributed by atoms with Crippen molar-refractivity contribution in [2.24, 2.45) is 5.92 Å². The van der Waals surface area contributed by atoms with E-state index in [1.165, 1.54) is 13.8 Å². The van der Waals surface area contributed by atoms with Gasteiger partial charge in [0.05, 0.1) is 0 Å². The number of rotatable bonds is 1. The van der Waals surface area contributed by atoms with Gasteiger partial charge in [-0.25, -0.2) is 9.59 Å². The molecule has 0 amide bonds. The van der Waals surface area contributed by atoms with Gasteiger partial charge in [0, 0.05) is 43.5 Å². The van der Waals surface area contributed by atoms with Crippen LogP contribution in [0.15, 0.2) is 23.3 Å². The number of esters is 3. The van der Waals surface area contributed by atoms with Crippen LogP contribution in [0.5, 0.6) is 0 Å². The van der Waals surface area contributed by atoms with E-state index in [-0.39, 0.29) is 24.4 Å². The number of cyclic esters (lactones) is 1. The molecule has 2 heterocycles. The summed E-state index contributed by atoms with van der Waals surface area (Å²) in [7, 11) is 1.88. The number of hydrogen-bond donors (Lipinski definition) is 0. The molecule has 160 valence electrons. The quantitative estimate of drug-likeness (QED) is 0.367. The van der Waals surface area contributed by atoms with Crippen LogP contribution >= 0.6 is 0 Å². The number of nitrogens with zero attached hydrogens (tertiary/aromatic N) is 1. The lowest BCUT2D eigenvalue weighted by atomic mass is 9.84. The van der Waals surface area contributed by atoms with Gasteiger partial charge in [-0.1, -0.05) is 19.1 Å². The van der Waals surface area contributed by atoms with Crippen molar-refractivity contribution in [1.29, 1.82) is 0 Å². The van der Waals surface area contributed by atoms with Gasteiger partial charge < -0.3 is 19.1 Å². The Morgan fingerprint density at radius 1 is 1.34 bits per heavy atom. The summed E-state index contributed by atoms with van der Waals surface area (Å²) in [6.45, 7) is 6.83. The second-order valence-electron chi connectivity index (χ2n) is 7.73. The van der Waals surface area contributed by atoms with Gasteiger partial charge >= 0.3 is 17.9 Å². The summed E-state index contributed by atoms with van der Waals surface area (Å²) < 4.78 is 16.3. The maximum atomic E-state index is 12.9. The molecule has 29 heavy (non-hydrogen) atoms. The fourth-order valence-electron chi connectivity index (χ4n) is 3.35. The van der Waals surface area contributed by atoms with Gasteiger partial charge in [-0.2, -0.15) is 0 Å². The van der Waals surface area contributed by atoms with E-state index < -0.39 is 35.5 Å². The Morgan fingerprint density at radius 3 is 2.66 bits per heavy atom. The summed E-state index contributed by atoms with van der Waals surface area (Å²) in [5.41, 5.74) is -1.05. The molecule has 0 radical (unpaired) electrons. The molecule has 0 aromatic rings. The van der Waals surface area contributed by atoms with E-state index in [9.17, 15) is 19.2 Å². The van der Waals surface area contributed by atoms with E-state index >= 15 is 0 Å². The first kappa shape index (κ1) is 22.8. The first-order valence-corrected chi connectivity index (χ1v) is 9.73. The van der Waals surface area contributed by atoms with Gasteiger partial charge in [-0.15, -0.1) is 0 Å². The molecule has 0 unspecified atom stereocenters. The van der Waals surface area contributed by atoms with Gasteiger partial charge in [0.15, 0.2) is 6.10 Å². The lowest BCUT2D eigenvalue weighted by Gasteiger charge is -2.34. The van der Waals surface area contributed by atoms with Crippen molar-refractivity contribution in [3.05, 3.63) is 23.3 Å². The monoisotopic (exact) mass is 407 g/mol. The minimum Gasteiger partial charge on any atom is -0.458 e. The van der Waals surface area contributed by atoms with Crippen LogP contribution in [0.4, 0.5) is 0 Å². The number of fused-ring (bicyclic) bond motifs is 2. The van der Waals surface area contributed by atoms with Crippen molar-refractivity contribution < 1.29 is 33.4 Å². The Morgan fingerprint density at radius 2 is 2.03 bits per heavy atom. The first-order chi connectivity index (χ1) is 13.6. The number of ether oxygens (including phenoxy) is 3. The molecule has 1 fully saturated rings. The molecule has 8 heteroatoms. The minimum atomic E-state index is -1.61. The topological polar surface area (TPSA) is 99.2 Å². The molecule has 2 bridgehead atoms. The molecule has 0 aromatic heterocycles. The number of ketones is 1. The molecule has 2 aliphatic heterocycles. The molecule has 2 aliphatic rings. The Kier molecular flexibility index (Phi) is 7.35. The van der Waals surface area contributed by atoms with Crippen LogP contribution in [0.3, 0.4) is 0 Å². The molecule has 8 nitrogen and oxygen atoms in total. The van der Waals surface area contributed by atoms with E-state index in [2.05, 4.69) is 0 Å². The smallest absolute Gasteiger partial charge is 0.350 e. The highest BCUT2D eigenvalue weighted by Gasteiger charge is 2.45. The summed E-state index contributed by atoms with van der Waals surface area (Å²) in [6.07, 6.45) is 2.78.